The zero-order valence-electron chi connectivity index (χ0n) is 39.4. The van der Waals surface area contributed by atoms with Crippen LogP contribution >= 0.6 is 7.82 Å². The number of hydrogen-bond donors (Lipinski definition) is 3. The largest absolute Gasteiger partial charge is 0.472 e. The zero-order valence-corrected chi connectivity index (χ0v) is 40.2. The van der Waals surface area contributed by atoms with Gasteiger partial charge in [0.1, 0.15) is 13.2 Å². The molecule has 61 heavy (non-hydrogen) atoms. The summed E-state index contributed by atoms with van der Waals surface area (Å²) >= 11 is 0. The van der Waals surface area contributed by atoms with Crippen molar-refractivity contribution in [1.29, 1.82) is 0 Å². The summed E-state index contributed by atoms with van der Waals surface area (Å²) in [5.41, 5.74) is 0. The Hall–Kier alpha value is -2.84. The van der Waals surface area contributed by atoms with Crippen LogP contribution in [-0.2, 0) is 18.4 Å². The molecule has 3 unspecified atom stereocenters. The summed E-state index contributed by atoms with van der Waals surface area (Å²) in [5.74, 6) is -0.278. The molecule has 1 amide bonds. The molecule has 0 aromatic rings. The van der Waals surface area contributed by atoms with Gasteiger partial charge in [-0.05, 0) is 83.5 Å². The number of hydrogen-bond acceptors (Lipinski definition) is 5. The second-order valence-electron chi connectivity index (χ2n) is 16.7. The van der Waals surface area contributed by atoms with E-state index >= 15 is 0 Å². The van der Waals surface area contributed by atoms with E-state index in [-0.39, 0.29) is 25.5 Å². The number of aliphatic hydroxyl groups is 1. The molecule has 0 bridgehead atoms. The fraction of sp³-hybridized carbons (Fsp3) is 0.635. The summed E-state index contributed by atoms with van der Waals surface area (Å²) in [7, 11) is 1.48. The SMILES string of the molecule is CC/C=C\C/C=C\C/C=C\C/C=C\C/C=C\C/C=C\CCC(=O)NC(COP(=O)(O)OCC[N+](C)(C)C)C(O)/C=C/CC/C=C/CC/C=C/CCCCCCCCCCCC. The zero-order chi connectivity index (χ0) is 45.0. The summed E-state index contributed by atoms with van der Waals surface area (Å²) in [6.45, 7) is 4.59. The Balaban J connectivity index is 4.61. The van der Waals surface area contributed by atoms with E-state index in [0.717, 1.165) is 64.2 Å². The van der Waals surface area contributed by atoms with Crippen molar-refractivity contribution in [2.45, 2.75) is 174 Å². The summed E-state index contributed by atoms with van der Waals surface area (Å²) in [5, 5.41) is 13.8. The van der Waals surface area contributed by atoms with Crippen LogP contribution in [0.15, 0.2) is 109 Å². The summed E-state index contributed by atoms with van der Waals surface area (Å²) in [4.78, 5) is 23.1. The lowest BCUT2D eigenvalue weighted by Gasteiger charge is -2.25. The van der Waals surface area contributed by atoms with Crippen molar-refractivity contribution in [3.8, 4) is 0 Å². The van der Waals surface area contributed by atoms with Crippen molar-refractivity contribution < 1.29 is 32.9 Å². The number of quaternary nitrogens is 1. The van der Waals surface area contributed by atoms with Crippen molar-refractivity contribution in [3.05, 3.63) is 109 Å². The maximum Gasteiger partial charge on any atom is 0.472 e. The van der Waals surface area contributed by atoms with Crippen LogP contribution in [0, 0.1) is 0 Å². The summed E-state index contributed by atoms with van der Waals surface area (Å²) in [6.07, 6.45) is 61.9. The van der Waals surface area contributed by atoms with Crippen LogP contribution in [0.25, 0.3) is 0 Å². The Kier molecular flexibility index (Phi) is 40.5. The molecule has 0 aliphatic heterocycles. The minimum Gasteiger partial charge on any atom is -0.387 e. The van der Waals surface area contributed by atoms with Gasteiger partial charge in [-0.3, -0.25) is 13.8 Å². The number of nitrogens with one attached hydrogen (secondary N) is 1. The van der Waals surface area contributed by atoms with Crippen molar-refractivity contribution >= 4 is 13.7 Å². The summed E-state index contributed by atoms with van der Waals surface area (Å²) < 4.78 is 23.5. The molecule has 0 rings (SSSR count). The van der Waals surface area contributed by atoms with Gasteiger partial charge < -0.3 is 19.8 Å². The number of likely N-dealkylation sites (N-methyl/N-ethyl adjacent to an activating group) is 1. The molecule has 0 aliphatic rings. The molecular weight excluding hydrogens is 780 g/mol. The second-order valence-corrected chi connectivity index (χ2v) is 18.2. The first-order valence-electron chi connectivity index (χ1n) is 23.8. The normalized spacial score (nSPS) is 15.2. The monoisotopic (exact) mass is 870 g/mol. The third-order valence-corrected chi connectivity index (χ3v) is 10.7. The predicted molar refractivity (Wildman–Crippen MR) is 262 cm³/mol. The van der Waals surface area contributed by atoms with Gasteiger partial charge in [-0.2, -0.15) is 0 Å². The Morgan fingerprint density at radius 1 is 0.574 bits per heavy atom. The van der Waals surface area contributed by atoms with E-state index in [1.54, 1.807) is 6.08 Å². The highest BCUT2D eigenvalue weighted by molar-refractivity contribution is 7.47. The van der Waals surface area contributed by atoms with Crippen LogP contribution in [0.3, 0.4) is 0 Å². The minimum atomic E-state index is -4.38. The van der Waals surface area contributed by atoms with E-state index in [1.807, 2.05) is 39.4 Å². The topological polar surface area (TPSA) is 105 Å². The smallest absolute Gasteiger partial charge is 0.387 e. The van der Waals surface area contributed by atoms with Gasteiger partial charge >= 0.3 is 7.82 Å². The number of phosphoric acid groups is 1. The first kappa shape index (κ1) is 58.2. The number of allylic oxidation sites excluding steroid dienone is 17. The lowest BCUT2D eigenvalue weighted by molar-refractivity contribution is -0.870. The molecular formula is C52H90N2O6P+. The van der Waals surface area contributed by atoms with Gasteiger partial charge in [-0.25, -0.2) is 4.57 Å². The van der Waals surface area contributed by atoms with Crippen molar-refractivity contribution in [1.82, 2.24) is 5.32 Å². The number of unbranched alkanes of at least 4 members (excludes halogenated alkanes) is 12. The lowest BCUT2D eigenvalue weighted by atomic mass is 10.1. The van der Waals surface area contributed by atoms with Crippen molar-refractivity contribution in [2.75, 3.05) is 40.9 Å². The van der Waals surface area contributed by atoms with E-state index < -0.39 is 20.0 Å². The maximum absolute atomic E-state index is 12.9. The molecule has 0 radical (unpaired) electrons. The summed E-state index contributed by atoms with van der Waals surface area (Å²) in [6, 6.07) is -0.917. The van der Waals surface area contributed by atoms with Gasteiger partial charge in [-0.15, -0.1) is 0 Å². The third kappa shape index (κ3) is 45.0. The van der Waals surface area contributed by atoms with E-state index in [1.165, 1.54) is 70.6 Å². The molecule has 348 valence electrons. The molecule has 0 heterocycles. The van der Waals surface area contributed by atoms with Crippen molar-refractivity contribution in [3.63, 3.8) is 0 Å². The molecule has 0 saturated carbocycles. The molecule has 3 N–H and O–H groups in total. The fourth-order valence-electron chi connectivity index (χ4n) is 5.98. The van der Waals surface area contributed by atoms with Gasteiger partial charge in [-0.1, -0.05) is 181 Å². The van der Waals surface area contributed by atoms with Crippen LogP contribution < -0.4 is 5.32 Å². The highest BCUT2D eigenvalue weighted by Gasteiger charge is 2.27. The number of rotatable bonds is 41. The minimum absolute atomic E-state index is 0.0337. The molecule has 0 aromatic heterocycles. The van der Waals surface area contributed by atoms with Gasteiger partial charge in [0.25, 0.3) is 0 Å². The average Bonchev–Trinajstić information content (AvgIpc) is 3.21. The molecule has 8 nitrogen and oxygen atoms in total. The number of phosphoric ester groups is 1. The van der Waals surface area contributed by atoms with Gasteiger partial charge in [0.15, 0.2) is 0 Å². The van der Waals surface area contributed by atoms with Crippen LogP contribution in [0.5, 0.6) is 0 Å². The Bertz CT molecular complexity index is 1350. The number of carbonyl (C=O) groups is 1. The number of amides is 1. The first-order valence-corrected chi connectivity index (χ1v) is 25.3. The average molecular weight is 870 g/mol. The highest BCUT2D eigenvalue weighted by Crippen LogP contribution is 2.43. The quantitative estimate of drug-likeness (QED) is 0.0245. The molecule has 9 heteroatoms. The van der Waals surface area contributed by atoms with Gasteiger partial charge in [0, 0.05) is 6.42 Å². The van der Waals surface area contributed by atoms with Crippen molar-refractivity contribution in [2.24, 2.45) is 0 Å². The van der Waals surface area contributed by atoms with Crippen LogP contribution in [0.4, 0.5) is 0 Å². The van der Waals surface area contributed by atoms with E-state index in [9.17, 15) is 19.4 Å². The predicted octanol–water partition coefficient (Wildman–Crippen LogP) is 13.7. The number of nitrogens with zero attached hydrogens (tertiary/aromatic N) is 1. The number of carbonyl (C=O) groups excluding carboxylic acids is 1. The van der Waals surface area contributed by atoms with Gasteiger partial charge in [0.2, 0.25) is 5.91 Å². The van der Waals surface area contributed by atoms with E-state index in [4.69, 9.17) is 9.05 Å². The fourth-order valence-corrected chi connectivity index (χ4v) is 6.71. The molecule has 0 fully saturated rings. The Morgan fingerprint density at radius 2 is 1.00 bits per heavy atom. The van der Waals surface area contributed by atoms with E-state index in [2.05, 4.69) is 104 Å². The maximum atomic E-state index is 12.9. The molecule has 0 spiro atoms. The van der Waals surface area contributed by atoms with Gasteiger partial charge in [0.05, 0.1) is 39.9 Å². The van der Waals surface area contributed by atoms with Crippen LogP contribution in [0.2, 0.25) is 0 Å². The molecule has 0 aliphatic carbocycles. The Labute approximate surface area is 374 Å². The van der Waals surface area contributed by atoms with Crippen LogP contribution in [-0.4, -0.2) is 73.4 Å². The lowest BCUT2D eigenvalue weighted by Crippen LogP contribution is -2.45. The van der Waals surface area contributed by atoms with E-state index in [0.29, 0.717) is 17.4 Å². The third-order valence-electron chi connectivity index (χ3n) is 9.72. The molecule has 0 saturated heterocycles. The highest BCUT2D eigenvalue weighted by atomic mass is 31.2. The molecule has 0 aromatic carbocycles. The standard InChI is InChI=1S/C52H89N2O6P/c1-6-8-10-12-14-16-18-20-22-24-26-28-29-31-33-35-37-39-41-43-45-51(55)50(49-60-61(57,58)59-48-47-54(3,4)5)53-52(56)46-44-42-40-38-36-34-32-30-27-25-23-21-19-17-15-13-11-9-7-2/h9,11,15,17,21,23,27-30,34-37,40,42-43,45,50-51,55H,6-8,10,12-14,16,18-20,22,24-26,31-33,38-39,41,44,46-49H2,1-5H3,(H-,53,56,57,58)/p+1/b11-9-,17-15-,23-21-,29-28+,30-27-,36-34-,37-35+,42-40-,45-43+. The second kappa shape index (κ2) is 42.5. The Morgan fingerprint density at radius 3 is 1.49 bits per heavy atom. The number of aliphatic hydroxyl groups excluding tert-OH is 1. The first-order chi connectivity index (χ1) is 29.5. The van der Waals surface area contributed by atoms with Crippen LogP contribution in [0.1, 0.15) is 162 Å². The molecule has 3 atom stereocenters.